The molecule has 0 radical (unpaired) electrons. The van der Waals surface area contributed by atoms with Gasteiger partial charge in [-0.1, -0.05) is 71.9 Å². The summed E-state index contributed by atoms with van der Waals surface area (Å²) in [5.74, 6) is 6.83. The number of hydrogen-bond donors (Lipinski definition) is 5. The lowest BCUT2D eigenvalue weighted by Gasteiger charge is -2.29. The number of amides is 4. The molecule has 4 amide bonds. The number of halogens is 1. The molecule has 1 aliphatic heterocycles. The van der Waals surface area contributed by atoms with Crippen LogP contribution >= 0.6 is 0 Å². The van der Waals surface area contributed by atoms with Gasteiger partial charge in [0.1, 0.15) is 23.9 Å². The van der Waals surface area contributed by atoms with Crippen LogP contribution in [0.25, 0.3) is 22.3 Å². The second kappa shape index (κ2) is 23.2. The largest absolute Gasteiger partial charge is 0.453 e. The summed E-state index contributed by atoms with van der Waals surface area (Å²) in [4.78, 5) is 65.3. The van der Waals surface area contributed by atoms with E-state index in [1.807, 2.05) is 56.3 Å². The van der Waals surface area contributed by atoms with Gasteiger partial charge in [-0.3, -0.25) is 9.59 Å². The minimum absolute atomic E-state index is 0.0868. The smallest absolute Gasteiger partial charge is 0.407 e. The summed E-state index contributed by atoms with van der Waals surface area (Å²) >= 11 is 0. The number of carbonyl (C=O) groups is 4. The summed E-state index contributed by atoms with van der Waals surface area (Å²) in [6.07, 6.45) is 2.72. The standard InChI is InChI=1S/C37H43FN8O6.C3H8.C2H6/c1-22(2)33(45-37(50)52-4)35(48)46-21-26(38)18-30(46)34-40-19-29(44-34)25-13-10-23(11-14-25)8-9-24-12-15-27-28(17-24)43-31(42-27)7-5-6-16-39-32(47)20-41-36(49)51-3;1-3-2;1-2/h10-15,17,19,22,26,30,33H,5-7,16,18,20-21H2,1-4H3,(H,39,47)(H,40,44)(H,41,49)(H,42,43)(H,45,50);3H2,1-2H3;1-2H3/t26-,30?,33?;;/m1../s1. The Labute approximate surface area is 334 Å². The normalized spacial score (nSPS) is 14.9. The van der Waals surface area contributed by atoms with Gasteiger partial charge >= 0.3 is 12.2 Å². The van der Waals surface area contributed by atoms with Gasteiger partial charge in [-0.25, -0.2) is 23.9 Å². The first kappa shape index (κ1) is 45.5. The van der Waals surface area contributed by atoms with E-state index >= 15 is 0 Å². The van der Waals surface area contributed by atoms with Crippen molar-refractivity contribution in [3.8, 4) is 23.1 Å². The lowest BCUT2D eigenvalue weighted by atomic mass is 10.0. The number of carbonyl (C=O) groups excluding carboxylic acids is 4. The fourth-order valence-electron chi connectivity index (χ4n) is 5.89. The average Bonchev–Trinajstić information content (AvgIpc) is 3.97. The Kier molecular flexibility index (Phi) is 18.5. The summed E-state index contributed by atoms with van der Waals surface area (Å²) in [7, 11) is 2.47. The summed E-state index contributed by atoms with van der Waals surface area (Å²) in [5.41, 5.74) is 4.94. The number of aryl methyl sites for hydroxylation is 1. The van der Waals surface area contributed by atoms with E-state index in [0.29, 0.717) is 12.4 Å². The highest BCUT2D eigenvalue weighted by Gasteiger charge is 2.41. The van der Waals surface area contributed by atoms with Crippen molar-refractivity contribution in [2.75, 3.05) is 33.9 Å². The van der Waals surface area contributed by atoms with Gasteiger partial charge < -0.3 is 40.3 Å². The maximum atomic E-state index is 14.7. The van der Waals surface area contributed by atoms with Gasteiger partial charge in [-0.15, -0.1) is 0 Å². The van der Waals surface area contributed by atoms with Crippen LogP contribution in [0.4, 0.5) is 14.0 Å². The number of nitrogens with one attached hydrogen (secondary N) is 5. The lowest BCUT2D eigenvalue weighted by Crippen LogP contribution is -2.51. The number of rotatable bonds is 12. The molecular weight excluding hydrogens is 732 g/mol. The van der Waals surface area contributed by atoms with Crippen LogP contribution in [-0.2, 0) is 25.5 Å². The minimum atomic E-state index is -1.22. The Hall–Kier alpha value is -5.91. The molecule has 2 aromatic carbocycles. The van der Waals surface area contributed by atoms with E-state index in [-0.39, 0.29) is 37.2 Å². The van der Waals surface area contributed by atoms with Crippen molar-refractivity contribution >= 4 is 35.0 Å². The number of H-pyrrole nitrogens is 2. The second-order valence-corrected chi connectivity index (χ2v) is 13.5. The van der Waals surface area contributed by atoms with E-state index in [0.717, 1.165) is 58.5 Å². The third kappa shape index (κ3) is 13.7. The number of fused-ring (bicyclic) bond motifs is 1. The van der Waals surface area contributed by atoms with Crippen LogP contribution in [0.3, 0.4) is 0 Å². The van der Waals surface area contributed by atoms with Crippen LogP contribution in [0.2, 0.25) is 0 Å². The highest BCUT2D eigenvalue weighted by molar-refractivity contribution is 5.86. The summed E-state index contributed by atoms with van der Waals surface area (Å²) < 4.78 is 23.8. The molecule has 0 spiro atoms. The number of unbranched alkanes of at least 4 members (excludes halogenated alkanes) is 1. The Bertz CT molecular complexity index is 1970. The molecule has 2 unspecified atom stereocenters. The van der Waals surface area contributed by atoms with Gasteiger partial charge in [0.2, 0.25) is 11.8 Å². The third-order valence-electron chi connectivity index (χ3n) is 8.65. The van der Waals surface area contributed by atoms with E-state index in [1.165, 1.54) is 25.5 Å². The van der Waals surface area contributed by atoms with Crippen molar-refractivity contribution in [1.82, 2.24) is 40.8 Å². The van der Waals surface area contributed by atoms with Gasteiger partial charge in [0.15, 0.2) is 0 Å². The van der Waals surface area contributed by atoms with E-state index in [1.54, 1.807) is 20.0 Å². The molecule has 2 aromatic heterocycles. The number of methoxy groups -OCH3 is 2. The number of imidazole rings is 2. The molecule has 14 nitrogen and oxygen atoms in total. The van der Waals surface area contributed by atoms with E-state index < -0.39 is 30.4 Å². The fraction of sp³-hybridized carbons (Fsp3) is 0.476. The zero-order chi connectivity index (χ0) is 41.9. The highest BCUT2D eigenvalue weighted by Crippen LogP contribution is 2.34. The minimum Gasteiger partial charge on any atom is -0.453 e. The van der Waals surface area contributed by atoms with Crippen LogP contribution in [0.15, 0.2) is 48.7 Å². The summed E-state index contributed by atoms with van der Waals surface area (Å²) in [5, 5.41) is 7.67. The highest BCUT2D eigenvalue weighted by atomic mass is 19.1. The first-order chi connectivity index (χ1) is 27.5. The zero-order valence-electron chi connectivity index (χ0n) is 34.3. The predicted molar refractivity (Wildman–Crippen MR) is 218 cm³/mol. The van der Waals surface area contributed by atoms with Gasteiger partial charge in [0.25, 0.3) is 0 Å². The number of hydrogen-bond acceptors (Lipinski definition) is 8. The van der Waals surface area contributed by atoms with Crippen molar-refractivity contribution in [2.45, 2.75) is 91.9 Å². The Morgan fingerprint density at radius 3 is 2.28 bits per heavy atom. The van der Waals surface area contributed by atoms with Gasteiger partial charge in [0, 0.05) is 30.5 Å². The number of benzene rings is 2. The Balaban J connectivity index is 0.00000166. The van der Waals surface area contributed by atoms with Gasteiger partial charge in [-0.05, 0) is 54.7 Å². The average molecular weight is 789 g/mol. The molecule has 3 atom stereocenters. The topological polar surface area (TPSA) is 183 Å². The lowest BCUT2D eigenvalue weighted by molar-refractivity contribution is -0.135. The molecule has 5 N–H and O–H groups in total. The van der Waals surface area contributed by atoms with Crippen LogP contribution in [-0.4, -0.2) is 94.9 Å². The van der Waals surface area contributed by atoms with Gasteiger partial charge in [-0.2, -0.15) is 0 Å². The molecule has 0 saturated carbocycles. The quantitative estimate of drug-likeness (QED) is 0.0788. The van der Waals surface area contributed by atoms with Crippen LogP contribution in [0, 0.1) is 17.8 Å². The number of ether oxygens (including phenoxy) is 2. The molecule has 0 aliphatic carbocycles. The first-order valence-electron chi connectivity index (χ1n) is 19.5. The van der Waals surface area contributed by atoms with Crippen LogP contribution in [0.5, 0.6) is 0 Å². The van der Waals surface area contributed by atoms with Crippen molar-refractivity contribution in [3.05, 3.63) is 71.4 Å². The molecule has 5 rings (SSSR count). The Morgan fingerprint density at radius 2 is 1.61 bits per heavy atom. The molecule has 0 bridgehead atoms. The third-order valence-corrected chi connectivity index (χ3v) is 8.65. The fourth-order valence-corrected chi connectivity index (χ4v) is 5.89. The van der Waals surface area contributed by atoms with E-state index in [9.17, 15) is 23.6 Å². The maximum Gasteiger partial charge on any atom is 0.407 e. The van der Waals surface area contributed by atoms with Crippen molar-refractivity contribution in [2.24, 2.45) is 5.92 Å². The molecule has 1 saturated heterocycles. The molecule has 57 heavy (non-hydrogen) atoms. The van der Waals surface area contributed by atoms with Crippen molar-refractivity contribution < 1.29 is 33.0 Å². The second-order valence-electron chi connectivity index (χ2n) is 13.5. The molecular formula is C42H57FN8O6. The number of aromatic nitrogens is 4. The first-order valence-corrected chi connectivity index (χ1v) is 19.5. The Morgan fingerprint density at radius 1 is 0.947 bits per heavy atom. The van der Waals surface area contributed by atoms with Crippen LogP contribution < -0.4 is 16.0 Å². The van der Waals surface area contributed by atoms with Gasteiger partial charge in [0.05, 0.1) is 56.3 Å². The predicted octanol–water partition coefficient (Wildman–Crippen LogP) is 6.58. The monoisotopic (exact) mass is 788 g/mol. The van der Waals surface area contributed by atoms with E-state index in [4.69, 9.17) is 0 Å². The molecule has 1 aliphatic rings. The number of alkyl carbamates (subject to hydrolysis) is 2. The number of alkyl halides is 1. The molecule has 15 heteroatoms. The number of likely N-dealkylation sites (tertiary alicyclic amines) is 1. The zero-order valence-corrected chi connectivity index (χ0v) is 34.3. The number of nitrogens with zero attached hydrogens (tertiary/aromatic N) is 3. The maximum absolute atomic E-state index is 14.7. The SMILES string of the molecule is CC.CCC.COC(=O)NCC(=O)NCCCCc1nc2ccc(C#Cc3ccc(-c4cnc(C5C[C@@H](F)CN5C(=O)C(NC(=O)OC)C(C)C)[nH]4)cc3)cc2[nH]1. The molecule has 4 aromatic rings. The summed E-state index contributed by atoms with van der Waals surface area (Å²) in [6, 6.07) is 12.0. The number of aromatic amines is 2. The van der Waals surface area contributed by atoms with Crippen molar-refractivity contribution in [1.29, 1.82) is 0 Å². The molecule has 1 fully saturated rings. The van der Waals surface area contributed by atoms with Crippen LogP contribution in [0.1, 0.15) is 96.0 Å². The van der Waals surface area contributed by atoms with Crippen molar-refractivity contribution in [3.63, 3.8) is 0 Å². The molecule has 308 valence electrons. The summed E-state index contributed by atoms with van der Waals surface area (Å²) in [6.45, 7) is 12.1. The molecule has 3 heterocycles. The van der Waals surface area contributed by atoms with E-state index in [2.05, 4.69) is 71.0 Å².